The molecular weight excluding hydrogens is 366 g/mol. The molecule has 25 heavy (non-hydrogen) atoms. The zero-order valence-corrected chi connectivity index (χ0v) is 15.4. The van der Waals surface area contributed by atoms with Gasteiger partial charge in [-0.3, -0.25) is 4.90 Å². The predicted octanol–water partition coefficient (Wildman–Crippen LogP) is 5.09. The maximum atomic E-state index is 12.2. The van der Waals surface area contributed by atoms with Crippen LogP contribution in [0.25, 0.3) is 0 Å². The van der Waals surface area contributed by atoms with Gasteiger partial charge in [0.05, 0.1) is 0 Å². The number of alkyl halides is 2. The van der Waals surface area contributed by atoms with Gasteiger partial charge in [-0.25, -0.2) is 13.8 Å². The first-order valence-electron chi connectivity index (χ1n) is 8.08. The lowest BCUT2D eigenvalue weighted by atomic mass is 9.97. The van der Waals surface area contributed by atoms with Crippen molar-refractivity contribution in [3.8, 4) is 5.88 Å². The summed E-state index contributed by atoms with van der Waals surface area (Å²) in [5, 5.41) is 0. The monoisotopic (exact) mass is 384 g/mol. The second-order valence-corrected chi connectivity index (χ2v) is 7.12. The summed E-state index contributed by atoms with van der Waals surface area (Å²) in [6.07, 6.45) is 0.201. The molecule has 134 valence electrons. The molecule has 0 saturated carbocycles. The van der Waals surface area contributed by atoms with Crippen molar-refractivity contribution in [1.29, 1.82) is 0 Å². The fraction of sp³-hybridized carbons (Fsp3) is 0.389. The smallest absolute Gasteiger partial charge is 0.272 e. The highest BCUT2D eigenvalue weighted by atomic mass is 35.7. The molecule has 0 fully saturated rings. The van der Waals surface area contributed by atoms with Crippen LogP contribution in [0, 0.1) is 0 Å². The molecule has 7 heteroatoms. The number of aromatic nitrogens is 1. The van der Waals surface area contributed by atoms with Crippen LogP contribution in [-0.2, 0) is 13.0 Å². The fourth-order valence-corrected chi connectivity index (χ4v) is 3.61. The van der Waals surface area contributed by atoms with Gasteiger partial charge in [0.25, 0.3) is 6.43 Å². The van der Waals surface area contributed by atoms with Crippen molar-refractivity contribution in [2.75, 3.05) is 13.2 Å². The molecule has 2 heterocycles. The third-order valence-corrected chi connectivity index (χ3v) is 5.42. The summed E-state index contributed by atoms with van der Waals surface area (Å²) in [5.74, 6) is 0.226. The maximum absolute atomic E-state index is 12.2. The van der Waals surface area contributed by atoms with Crippen molar-refractivity contribution < 1.29 is 13.5 Å². The Morgan fingerprint density at radius 3 is 2.80 bits per heavy atom. The van der Waals surface area contributed by atoms with Crippen molar-refractivity contribution in [2.24, 2.45) is 0 Å². The van der Waals surface area contributed by atoms with E-state index < -0.39 is 13.0 Å². The van der Waals surface area contributed by atoms with Crippen LogP contribution in [0.1, 0.15) is 29.7 Å². The predicted molar refractivity (Wildman–Crippen MR) is 96.4 cm³/mol. The second-order valence-electron chi connectivity index (χ2n) is 6.04. The van der Waals surface area contributed by atoms with Crippen LogP contribution < -0.4 is 4.74 Å². The molecule has 1 aromatic heterocycles. The molecule has 0 radical (unpaired) electrons. The van der Waals surface area contributed by atoms with Crippen LogP contribution in [0.5, 0.6) is 5.88 Å². The molecule has 1 atom stereocenters. The number of nitrogens with zero attached hydrogens (tertiary/aromatic N) is 2. The average Bonchev–Trinajstić information content (AvgIpc) is 2.65. The Labute approximate surface area is 154 Å². The minimum Gasteiger partial charge on any atom is -0.472 e. The van der Waals surface area contributed by atoms with E-state index in [9.17, 15) is 8.78 Å². The molecular formula is C18H19ClF2N2OS. The summed E-state index contributed by atoms with van der Waals surface area (Å²) in [4.78, 5) is 7.56. The molecule has 0 saturated heterocycles. The third-order valence-electron chi connectivity index (χ3n) is 4.46. The maximum Gasteiger partial charge on any atom is 0.272 e. The largest absolute Gasteiger partial charge is 0.472 e. The molecule has 0 aliphatic carbocycles. The SMILES string of the molecule is CC(c1ccc(OCC(F)F)nc1)N1CCc2ccc(SCl)cc2C1. The molecule has 0 spiro atoms. The average molecular weight is 385 g/mol. The van der Waals surface area contributed by atoms with E-state index in [-0.39, 0.29) is 11.9 Å². The van der Waals surface area contributed by atoms with E-state index in [2.05, 4.69) is 35.0 Å². The van der Waals surface area contributed by atoms with Crippen LogP contribution in [0.2, 0.25) is 0 Å². The lowest BCUT2D eigenvalue weighted by Crippen LogP contribution is -2.33. The Morgan fingerprint density at radius 2 is 2.12 bits per heavy atom. The first-order chi connectivity index (χ1) is 12.1. The number of pyridine rings is 1. The minimum atomic E-state index is -2.50. The molecule has 1 aliphatic rings. The van der Waals surface area contributed by atoms with Gasteiger partial charge in [-0.05, 0) is 63.8 Å². The van der Waals surface area contributed by atoms with E-state index in [1.54, 1.807) is 12.3 Å². The van der Waals surface area contributed by atoms with E-state index in [4.69, 9.17) is 15.4 Å². The normalized spacial score (nSPS) is 15.9. The van der Waals surface area contributed by atoms with Crippen LogP contribution in [0.4, 0.5) is 8.78 Å². The lowest BCUT2D eigenvalue weighted by molar-refractivity contribution is 0.0795. The Balaban J connectivity index is 1.67. The number of ether oxygens (including phenoxy) is 1. The summed E-state index contributed by atoms with van der Waals surface area (Å²) < 4.78 is 29.3. The van der Waals surface area contributed by atoms with Crippen LogP contribution in [-0.4, -0.2) is 29.5 Å². The summed E-state index contributed by atoms with van der Waals surface area (Å²) in [6.45, 7) is 3.31. The third kappa shape index (κ3) is 4.63. The van der Waals surface area contributed by atoms with E-state index in [0.717, 1.165) is 30.0 Å². The van der Waals surface area contributed by atoms with Crippen LogP contribution >= 0.6 is 21.7 Å². The number of benzene rings is 1. The van der Waals surface area contributed by atoms with Crippen LogP contribution in [0.15, 0.2) is 41.4 Å². The number of hydrogen-bond acceptors (Lipinski definition) is 4. The first-order valence-corrected chi connectivity index (χ1v) is 9.72. The van der Waals surface area contributed by atoms with Gasteiger partial charge in [-0.15, -0.1) is 0 Å². The van der Waals surface area contributed by atoms with Gasteiger partial charge in [0.2, 0.25) is 5.88 Å². The van der Waals surface area contributed by atoms with Crippen molar-refractivity contribution in [3.63, 3.8) is 0 Å². The Morgan fingerprint density at radius 1 is 1.28 bits per heavy atom. The van der Waals surface area contributed by atoms with Gasteiger partial charge in [-0.1, -0.05) is 12.1 Å². The zero-order valence-electron chi connectivity index (χ0n) is 13.8. The van der Waals surface area contributed by atoms with Crippen molar-refractivity contribution in [3.05, 3.63) is 53.2 Å². The molecule has 2 aromatic rings. The molecule has 3 rings (SSSR count). The second kappa shape index (κ2) is 8.34. The summed E-state index contributed by atoms with van der Waals surface area (Å²) in [6, 6.07) is 10.1. The molecule has 1 unspecified atom stereocenters. The minimum absolute atomic E-state index is 0.178. The zero-order chi connectivity index (χ0) is 17.8. The molecule has 1 aliphatic heterocycles. The van der Waals surface area contributed by atoms with Crippen molar-refractivity contribution in [1.82, 2.24) is 9.88 Å². The Kier molecular flexibility index (Phi) is 6.15. The van der Waals surface area contributed by atoms with Gasteiger partial charge in [0.1, 0.15) is 0 Å². The first kappa shape index (κ1) is 18.4. The topological polar surface area (TPSA) is 25.4 Å². The fourth-order valence-electron chi connectivity index (χ4n) is 3.02. The van der Waals surface area contributed by atoms with E-state index in [0.29, 0.717) is 0 Å². The highest BCUT2D eigenvalue weighted by Crippen LogP contribution is 2.31. The summed E-state index contributed by atoms with van der Waals surface area (Å²) in [7, 11) is 7.09. The highest BCUT2D eigenvalue weighted by Gasteiger charge is 2.22. The number of halogens is 3. The molecule has 0 amide bonds. The molecule has 0 N–H and O–H groups in total. The van der Waals surface area contributed by atoms with Crippen molar-refractivity contribution in [2.45, 2.75) is 37.3 Å². The number of fused-ring (bicyclic) bond motifs is 1. The number of hydrogen-bond donors (Lipinski definition) is 0. The molecule has 0 bridgehead atoms. The van der Waals surface area contributed by atoms with E-state index in [1.165, 1.54) is 22.1 Å². The van der Waals surface area contributed by atoms with Gasteiger partial charge in [0, 0.05) is 36.3 Å². The van der Waals surface area contributed by atoms with E-state index >= 15 is 0 Å². The molecule has 1 aromatic carbocycles. The number of rotatable bonds is 6. The quantitative estimate of drug-likeness (QED) is 0.692. The van der Waals surface area contributed by atoms with E-state index in [1.807, 2.05) is 6.07 Å². The summed E-state index contributed by atoms with van der Waals surface area (Å²) in [5.41, 5.74) is 3.70. The Bertz CT molecular complexity index is 715. The Hall–Kier alpha value is -1.37. The standard InChI is InChI=1S/C18H19ClF2N2OS/c1-12(14-3-5-18(22-9-14)24-11-17(20)21)23-7-6-13-2-4-16(25-19)8-15(13)10-23/h2-5,8-9,12,17H,6-7,10-11H2,1H3. The van der Waals surface area contributed by atoms with Crippen molar-refractivity contribution >= 4 is 21.7 Å². The van der Waals surface area contributed by atoms with Gasteiger partial charge >= 0.3 is 0 Å². The molecule has 3 nitrogen and oxygen atoms in total. The highest BCUT2D eigenvalue weighted by molar-refractivity contribution is 8.21. The van der Waals surface area contributed by atoms with Gasteiger partial charge in [0.15, 0.2) is 6.61 Å². The summed E-state index contributed by atoms with van der Waals surface area (Å²) >= 11 is 0. The lowest BCUT2D eigenvalue weighted by Gasteiger charge is -2.34. The van der Waals surface area contributed by atoms with Gasteiger partial charge < -0.3 is 4.74 Å². The van der Waals surface area contributed by atoms with Crippen LogP contribution in [0.3, 0.4) is 0 Å². The van der Waals surface area contributed by atoms with Gasteiger partial charge in [-0.2, -0.15) is 0 Å².